The summed E-state index contributed by atoms with van der Waals surface area (Å²) in [5.41, 5.74) is 7.45. The molecule has 0 bridgehead atoms. The van der Waals surface area contributed by atoms with E-state index in [1.807, 2.05) is 25.1 Å². The molecule has 0 amide bonds. The van der Waals surface area contributed by atoms with E-state index in [2.05, 4.69) is 4.98 Å². The molecular formula is C11H10Cl2N2. The molecule has 0 aliphatic carbocycles. The molecule has 2 aromatic rings. The molecule has 1 heterocycles. The molecule has 1 atom stereocenters. The zero-order chi connectivity index (χ0) is 11.0. The van der Waals surface area contributed by atoms with E-state index < -0.39 is 0 Å². The van der Waals surface area contributed by atoms with Crippen molar-refractivity contribution in [1.82, 2.24) is 4.98 Å². The van der Waals surface area contributed by atoms with E-state index >= 15 is 0 Å². The first kappa shape index (κ1) is 10.7. The first-order valence-electron chi connectivity index (χ1n) is 4.59. The van der Waals surface area contributed by atoms with Crippen LogP contribution in [0.25, 0.3) is 10.9 Å². The largest absolute Gasteiger partial charge is 0.324 e. The van der Waals surface area contributed by atoms with Gasteiger partial charge < -0.3 is 5.73 Å². The highest BCUT2D eigenvalue weighted by atomic mass is 35.5. The zero-order valence-electron chi connectivity index (χ0n) is 8.17. The van der Waals surface area contributed by atoms with E-state index in [9.17, 15) is 0 Å². The highest BCUT2D eigenvalue weighted by molar-refractivity contribution is 6.32. The number of aromatic nitrogens is 1. The third kappa shape index (κ3) is 2.07. The Hall–Kier alpha value is -0.830. The Balaban J connectivity index is 2.72. The Labute approximate surface area is 98.0 Å². The number of fused-ring (bicyclic) bond motifs is 1. The number of nitrogens with two attached hydrogens (primary N) is 1. The fraction of sp³-hybridized carbons (Fsp3) is 0.182. The number of pyridine rings is 1. The van der Waals surface area contributed by atoms with E-state index in [0.717, 1.165) is 16.5 Å². The zero-order valence-corrected chi connectivity index (χ0v) is 9.68. The van der Waals surface area contributed by atoms with Crippen molar-refractivity contribution in [2.45, 2.75) is 13.0 Å². The Bertz CT molecular complexity index is 509. The quantitative estimate of drug-likeness (QED) is 0.775. The van der Waals surface area contributed by atoms with Crippen molar-refractivity contribution in [3.63, 3.8) is 0 Å². The molecule has 0 saturated heterocycles. The third-order valence-corrected chi connectivity index (χ3v) is 2.79. The summed E-state index contributed by atoms with van der Waals surface area (Å²) < 4.78 is 0. The minimum absolute atomic E-state index is 0.131. The van der Waals surface area contributed by atoms with Crippen LogP contribution >= 0.6 is 23.2 Å². The summed E-state index contributed by atoms with van der Waals surface area (Å²) in [6.07, 6.45) is 0. The molecule has 78 valence electrons. The Kier molecular flexibility index (Phi) is 2.83. The summed E-state index contributed by atoms with van der Waals surface area (Å²) in [6, 6.07) is 7.29. The molecule has 2 rings (SSSR count). The fourth-order valence-corrected chi connectivity index (χ4v) is 1.96. The second kappa shape index (κ2) is 3.97. The van der Waals surface area contributed by atoms with Crippen molar-refractivity contribution in [2.24, 2.45) is 5.73 Å². The van der Waals surface area contributed by atoms with Gasteiger partial charge in [0, 0.05) is 22.0 Å². The van der Waals surface area contributed by atoms with Crippen LogP contribution in [0.1, 0.15) is 18.5 Å². The molecular weight excluding hydrogens is 231 g/mol. The highest BCUT2D eigenvalue weighted by Gasteiger charge is 2.08. The Morgan fingerprint density at radius 2 is 2.00 bits per heavy atom. The van der Waals surface area contributed by atoms with Crippen LogP contribution in [0.3, 0.4) is 0 Å². The van der Waals surface area contributed by atoms with Crippen LogP contribution in [0.15, 0.2) is 24.3 Å². The monoisotopic (exact) mass is 240 g/mol. The first-order valence-corrected chi connectivity index (χ1v) is 5.35. The van der Waals surface area contributed by atoms with Crippen molar-refractivity contribution in [1.29, 1.82) is 0 Å². The minimum Gasteiger partial charge on any atom is -0.324 e. The lowest BCUT2D eigenvalue weighted by Gasteiger charge is -2.09. The summed E-state index contributed by atoms with van der Waals surface area (Å²) in [5, 5.41) is 2.10. The molecule has 0 saturated carbocycles. The number of benzene rings is 1. The summed E-state index contributed by atoms with van der Waals surface area (Å²) >= 11 is 11.9. The van der Waals surface area contributed by atoms with Gasteiger partial charge in [0.2, 0.25) is 0 Å². The van der Waals surface area contributed by atoms with Gasteiger partial charge in [-0.15, -0.1) is 0 Å². The standard InChI is InChI=1S/C11H10Cl2N2/c1-6(14)9-5-7-4-8(12)2-3-10(7)15-11(9)13/h2-6H,14H2,1H3/t6-/m0/s1. The van der Waals surface area contributed by atoms with Gasteiger partial charge in [-0.25, -0.2) is 4.98 Å². The maximum atomic E-state index is 6.01. The van der Waals surface area contributed by atoms with Crippen LogP contribution < -0.4 is 5.73 Å². The summed E-state index contributed by atoms with van der Waals surface area (Å²) in [4.78, 5) is 4.26. The highest BCUT2D eigenvalue weighted by Crippen LogP contribution is 2.26. The topological polar surface area (TPSA) is 38.9 Å². The smallest absolute Gasteiger partial charge is 0.134 e. The summed E-state index contributed by atoms with van der Waals surface area (Å²) in [6.45, 7) is 1.87. The predicted molar refractivity (Wildman–Crippen MR) is 64.4 cm³/mol. The normalized spacial score (nSPS) is 13.1. The average molecular weight is 241 g/mol. The van der Waals surface area contributed by atoms with Crippen molar-refractivity contribution >= 4 is 34.1 Å². The van der Waals surface area contributed by atoms with Gasteiger partial charge in [-0.2, -0.15) is 0 Å². The van der Waals surface area contributed by atoms with Crippen molar-refractivity contribution < 1.29 is 0 Å². The molecule has 0 fully saturated rings. The lowest BCUT2D eigenvalue weighted by molar-refractivity contribution is 0.815. The van der Waals surface area contributed by atoms with Gasteiger partial charge in [-0.1, -0.05) is 23.2 Å². The number of rotatable bonds is 1. The van der Waals surface area contributed by atoms with Gasteiger partial charge in [0.25, 0.3) is 0 Å². The van der Waals surface area contributed by atoms with Crippen LogP contribution in [0, 0.1) is 0 Å². The van der Waals surface area contributed by atoms with Gasteiger partial charge in [0.05, 0.1) is 5.52 Å². The van der Waals surface area contributed by atoms with E-state index in [1.165, 1.54) is 0 Å². The molecule has 15 heavy (non-hydrogen) atoms. The number of nitrogens with zero attached hydrogens (tertiary/aromatic N) is 1. The van der Waals surface area contributed by atoms with Gasteiger partial charge in [0.1, 0.15) is 5.15 Å². The third-order valence-electron chi connectivity index (χ3n) is 2.25. The summed E-state index contributed by atoms with van der Waals surface area (Å²) in [5.74, 6) is 0. The van der Waals surface area contributed by atoms with Crippen molar-refractivity contribution in [3.8, 4) is 0 Å². The molecule has 0 unspecified atom stereocenters. The van der Waals surface area contributed by atoms with Gasteiger partial charge in [0.15, 0.2) is 0 Å². The molecule has 0 spiro atoms. The molecule has 1 aromatic heterocycles. The van der Waals surface area contributed by atoms with Gasteiger partial charge in [-0.05, 0) is 31.2 Å². The van der Waals surface area contributed by atoms with E-state index in [4.69, 9.17) is 28.9 Å². The summed E-state index contributed by atoms with van der Waals surface area (Å²) in [7, 11) is 0. The van der Waals surface area contributed by atoms with Crippen LogP contribution in [-0.2, 0) is 0 Å². The van der Waals surface area contributed by atoms with Gasteiger partial charge in [-0.3, -0.25) is 0 Å². The molecule has 0 aliphatic heterocycles. The SMILES string of the molecule is C[C@H](N)c1cc2cc(Cl)ccc2nc1Cl. The van der Waals surface area contributed by atoms with E-state index in [-0.39, 0.29) is 6.04 Å². The Morgan fingerprint density at radius 1 is 1.27 bits per heavy atom. The second-order valence-electron chi connectivity index (χ2n) is 3.49. The van der Waals surface area contributed by atoms with Crippen LogP contribution in [0.2, 0.25) is 10.2 Å². The number of hydrogen-bond acceptors (Lipinski definition) is 2. The first-order chi connectivity index (χ1) is 7.08. The van der Waals surface area contributed by atoms with Crippen molar-refractivity contribution in [3.05, 3.63) is 40.0 Å². The fourth-order valence-electron chi connectivity index (χ4n) is 1.46. The predicted octanol–water partition coefficient (Wildman–Crippen LogP) is 3.56. The maximum absolute atomic E-state index is 6.01. The molecule has 2 N–H and O–H groups in total. The van der Waals surface area contributed by atoms with Gasteiger partial charge >= 0.3 is 0 Å². The van der Waals surface area contributed by atoms with Crippen LogP contribution in [0.5, 0.6) is 0 Å². The second-order valence-corrected chi connectivity index (χ2v) is 4.29. The van der Waals surface area contributed by atoms with Crippen LogP contribution in [-0.4, -0.2) is 4.98 Å². The van der Waals surface area contributed by atoms with Crippen molar-refractivity contribution in [2.75, 3.05) is 0 Å². The molecule has 1 aromatic carbocycles. The minimum atomic E-state index is -0.131. The number of halogens is 2. The molecule has 0 radical (unpaired) electrons. The average Bonchev–Trinajstić information content (AvgIpc) is 2.17. The molecule has 2 nitrogen and oxygen atoms in total. The molecule has 4 heteroatoms. The maximum Gasteiger partial charge on any atom is 0.134 e. The lowest BCUT2D eigenvalue weighted by atomic mass is 10.1. The molecule has 0 aliphatic rings. The Morgan fingerprint density at radius 3 is 2.67 bits per heavy atom. The van der Waals surface area contributed by atoms with E-state index in [1.54, 1.807) is 6.07 Å². The number of hydrogen-bond donors (Lipinski definition) is 1. The lowest BCUT2D eigenvalue weighted by Crippen LogP contribution is -2.06. The van der Waals surface area contributed by atoms with E-state index in [0.29, 0.717) is 10.2 Å². The van der Waals surface area contributed by atoms with Crippen LogP contribution in [0.4, 0.5) is 0 Å².